The van der Waals surface area contributed by atoms with Gasteiger partial charge in [0.25, 0.3) is 5.91 Å². The summed E-state index contributed by atoms with van der Waals surface area (Å²) in [6.07, 6.45) is 0. The second-order valence-electron chi connectivity index (χ2n) is 6.95. The minimum absolute atomic E-state index is 0.0331. The Morgan fingerprint density at radius 3 is 2.30 bits per heavy atom. The number of piperazine rings is 1. The van der Waals surface area contributed by atoms with E-state index in [2.05, 4.69) is 65.9 Å². The van der Waals surface area contributed by atoms with Crippen molar-refractivity contribution in [1.29, 1.82) is 0 Å². The lowest BCUT2D eigenvalue weighted by atomic mass is 10.1. The molecular weight excluding hydrogens is 338 g/mol. The van der Waals surface area contributed by atoms with Gasteiger partial charge in [0.2, 0.25) is 0 Å². The second kappa shape index (κ2) is 8.37. The number of hydrogen-bond donors (Lipinski definition) is 0. The molecular formula is C21H29N5O. The Morgan fingerprint density at radius 2 is 1.70 bits per heavy atom. The van der Waals surface area contributed by atoms with Gasteiger partial charge in [0.05, 0.1) is 0 Å². The summed E-state index contributed by atoms with van der Waals surface area (Å²) in [5.41, 5.74) is 4.31. The van der Waals surface area contributed by atoms with Gasteiger partial charge in [-0.2, -0.15) is 0 Å². The Morgan fingerprint density at radius 1 is 1.00 bits per heavy atom. The second-order valence-corrected chi connectivity index (χ2v) is 6.95. The molecule has 2 aromatic rings. The van der Waals surface area contributed by atoms with E-state index in [1.54, 1.807) is 6.07 Å². The van der Waals surface area contributed by atoms with Crippen LogP contribution in [-0.4, -0.2) is 60.3 Å². The molecule has 1 amide bonds. The van der Waals surface area contributed by atoms with Gasteiger partial charge in [0.15, 0.2) is 11.5 Å². The van der Waals surface area contributed by atoms with Crippen molar-refractivity contribution in [3.8, 4) is 0 Å². The van der Waals surface area contributed by atoms with Crippen molar-refractivity contribution >= 4 is 17.4 Å². The van der Waals surface area contributed by atoms with Crippen LogP contribution in [-0.2, 0) is 0 Å². The molecule has 0 N–H and O–H groups in total. The first-order chi connectivity index (χ1) is 13.0. The maximum atomic E-state index is 12.8. The number of amides is 1. The summed E-state index contributed by atoms with van der Waals surface area (Å²) in [5, 5.41) is 8.42. The average molecular weight is 367 g/mol. The van der Waals surface area contributed by atoms with Crippen LogP contribution in [0.15, 0.2) is 30.3 Å². The van der Waals surface area contributed by atoms with E-state index in [0.717, 1.165) is 32.0 Å². The molecule has 6 heteroatoms. The fourth-order valence-electron chi connectivity index (χ4n) is 3.55. The third-order valence-electron chi connectivity index (χ3n) is 5.44. The minimum atomic E-state index is -0.0331. The summed E-state index contributed by atoms with van der Waals surface area (Å²) in [6.45, 7) is 13.3. The molecule has 144 valence electrons. The maximum absolute atomic E-state index is 12.8. The summed E-state index contributed by atoms with van der Waals surface area (Å²) in [6, 6.07) is 10.1. The third kappa shape index (κ3) is 4.04. The minimum Gasteiger partial charge on any atom is -0.368 e. The van der Waals surface area contributed by atoms with E-state index < -0.39 is 0 Å². The van der Waals surface area contributed by atoms with E-state index in [9.17, 15) is 4.79 Å². The Kier molecular flexibility index (Phi) is 5.94. The third-order valence-corrected chi connectivity index (χ3v) is 5.44. The predicted molar refractivity (Wildman–Crippen MR) is 110 cm³/mol. The molecule has 0 radical (unpaired) electrons. The Balaban J connectivity index is 1.64. The Labute approximate surface area is 161 Å². The number of aryl methyl sites for hydroxylation is 1. The lowest BCUT2D eigenvalue weighted by molar-refractivity contribution is 0.0739. The first kappa shape index (κ1) is 19.1. The van der Waals surface area contributed by atoms with E-state index in [4.69, 9.17) is 0 Å². The number of rotatable bonds is 5. The molecule has 0 bridgehead atoms. The zero-order valence-electron chi connectivity index (χ0n) is 16.8. The van der Waals surface area contributed by atoms with Gasteiger partial charge in [-0.1, -0.05) is 12.1 Å². The first-order valence-corrected chi connectivity index (χ1v) is 9.74. The van der Waals surface area contributed by atoms with Crippen LogP contribution in [0.5, 0.6) is 0 Å². The average Bonchev–Trinajstić information content (AvgIpc) is 2.71. The van der Waals surface area contributed by atoms with Crippen LogP contribution < -0.4 is 9.80 Å². The molecule has 3 rings (SSSR count). The standard InChI is InChI=1S/C21H29N5O/c1-5-24(6-2)20-11-10-18(22-23-20)21(27)26-14-12-25(13-15-26)19-9-7-8-16(3)17(19)4/h7-11H,5-6,12-15H2,1-4H3. The van der Waals surface area contributed by atoms with Crippen LogP contribution in [0, 0.1) is 13.8 Å². The highest BCUT2D eigenvalue weighted by atomic mass is 16.2. The summed E-state index contributed by atoms with van der Waals surface area (Å²) in [5.74, 6) is 0.783. The zero-order valence-corrected chi connectivity index (χ0v) is 16.8. The van der Waals surface area contributed by atoms with Crippen molar-refractivity contribution in [3.63, 3.8) is 0 Å². The number of nitrogens with zero attached hydrogens (tertiary/aromatic N) is 5. The summed E-state index contributed by atoms with van der Waals surface area (Å²) in [4.78, 5) is 19.1. The zero-order chi connectivity index (χ0) is 19.4. The van der Waals surface area contributed by atoms with Crippen molar-refractivity contribution in [2.45, 2.75) is 27.7 Å². The fourth-order valence-corrected chi connectivity index (χ4v) is 3.55. The summed E-state index contributed by atoms with van der Waals surface area (Å²) < 4.78 is 0. The van der Waals surface area contributed by atoms with Gasteiger partial charge < -0.3 is 14.7 Å². The highest BCUT2D eigenvalue weighted by Gasteiger charge is 2.24. The lowest BCUT2D eigenvalue weighted by Gasteiger charge is -2.36. The molecule has 1 aromatic heterocycles. The molecule has 0 atom stereocenters. The van der Waals surface area contributed by atoms with Crippen molar-refractivity contribution < 1.29 is 4.79 Å². The van der Waals surface area contributed by atoms with Crippen LogP contribution in [0.1, 0.15) is 35.5 Å². The molecule has 0 saturated carbocycles. The van der Waals surface area contributed by atoms with Gasteiger partial charge in [-0.25, -0.2) is 0 Å². The largest absolute Gasteiger partial charge is 0.368 e. The summed E-state index contributed by atoms with van der Waals surface area (Å²) >= 11 is 0. The molecule has 1 saturated heterocycles. The summed E-state index contributed by atoms with van der Waals surface area (Å²) in [7, 11) is 0. The number of anilines is 2. The Bertz CT molecular complexity index is 778. The quantitative estimate of drug-likeness (QED) is 0.813. The number of carbonyl (C=O) groups is 1. The van der Waals surface area contributed by atoms with Gasteiger partial charge in [0, 0.05) is 45.0 Å². The molecule has 0 aliphatic carbocycles. The highest BCUT2D eigenvalue weighted by molar-refractivity contribution is 5.92. The van der Waals surface area contributed by atoms with E-state index in [-0.39, 0.29) is 5.91 Å². The molecule has 6 nitrogen and oxygen atoms in total. The Hall–Kier alpha value is -2.63. The topological polar surface area (TPSA) is 52.6 Å². The molecule has 1 aromatic carbocycles. The molecule has 1 aliphatic rings. The van der Waals surface area contributed by atoms with E-state index >= 15 is 0 Å². The van der Waals surface area contributed by atoms with Gasteiger partial charge in [-0.05, 0) is 57.0 Å². The van der Waals surface area contributed by atoms with Crippen molar-refractivity contribution in [2.75, 3.05) is 49.1 Å². The smallest absolute Gasteiger partial charge is 0.274 e. The van der Waals surface area contributed by atoms with Crippen LogP contribution in [0.4, 0.5) is 11.5 Å². The van der Waals surface area contributed by atoms with Crippen LogP contribution in [0.2, 0.25) is 0 Å². The molecule has 0 spiro atoms. The number of benzene rings is 1. The maximum Gasteiger partial charge on any atom is 0.274 e. The number of aromatic nitrogens is 2. The number of hydrogen-bond acceptors (Lipinski definition) is 5. The van der Waals surface area contributed by atoms with E-state index in [0.29, 0.717) is 18.8 Å². The van der Waals surface area contributed by atoms with Crippen molar-refractivity contribution in [3.05, 3.63) is 47.2 Å². The van der Waals surface area contributed by atoms with Gasteiger partial charge >= 0.3 is 0 Å². The fraction of sp³-hybridized carbons (Fsp3) is 0.476. The van der Waals surface area contributed by atoms with Gasteiger partial charge in [-0.15, -0.1) is 10.2 Å². The van der Waals surface area contributed by atoms with Gasteiger partial charge in [0.1, 0.15) is 0 Å². The molecule has 1 fully saturated rings. The molecule has 1 aliphatic heterocycles. The van der Waals surface area contributed by atoms with Crippen LogP contribution in [0.3, 0.4) is 0 Å². The van der Waals surface area contributed by atoms with Crippen LogP contribution in [0.25, 0.3) is 0 Å². The van der Waals surface area contributed by atoms with E-state index in [1.165, 1.54) is 16.8 Å². The first-order valence-electron chi connectivity index (χ1n) is 9.74. The lowest BCUT2D eigenvalue weighted by Crippen LogP contribution is -2.49. The van der Waals surface area contributed by atoms with Crippen molar-refractivity contribution in [2.24, 2.45) is 0 Å². The predicted octanol–water partition coefficient (Wildman–Crippen LogP) is 2.90. The molecule has 27 heavy (non-hydrogen) atoms. The highest BCUT2D eigenvalue weighted by Crippen LogP contribution is 2.24. The van der Waals surface area contributed by atoms with Gasteiger partial charge in [-0.3, -0.25) is 4.79 Å². The molecule has 2 heterocycles. The number of carbonyl (C=O) groups excluding carboxylic acids is 1. The van der Waals surface area contributed by atoms with Crippen LogP contribution >= 0.6 is 0 Å². The monoisotopic (exact) mass is 367 g/mol. The molecule has 0 unspecified atom stereocenters. The normalized spacial score (nSPS) is 14.4. The van der Waals surface area contributed by atoms with Crippen molar-refractivity contribution in [1.82, 2.24) is 15.1 Å². The van der Waals surface area contributed by atoms with E-state index in [1.807, 2.05) is 11.0 Å². The SMILES string of the molecule is CCN(CC)c1ccc(C(=O)N2CCN(c3cccc(C)c3C)CC2)nn1.